The number of carbonyl (C=O) groups is 1. The molecule has 1 heterocycles. The van der Waals surface area contributed by atoms with E-state index in [1.54, 1.807) is 30.3 Å². The number of amides is 1. The Bertz CT molecular complexity index is 960. The molecule has 0 aliphatic rings. The second-order valence-corrected chi connectivity index (χ2v) is 5.42. The Morgan fingerprint density at radius 1 is 1.23 bits per heavy atom. The monoisotopic (exact) mass is 356 g/mol. The first-order chi connectivity index (χ1) is 12.5. The number of hydrogen-bond donors (Lipinski definition) is 1. The first-order valence-electron chi connectivity index (χ1n) is 7.63. The zero-order valence-corrected chi connectivity index (χ0v) is 14.1. The number of nitro benzene ring substituents is 1. The third-order valence-corrected chi connectivity index (χ3v) is 3.76. The number of nitrogens with one attached hydrogen (secondary N) is 1. The lowest BCUT2D eigenvalue weighted by Gasteiger charge is -2.10. The Labute approximate surface area is 148 Å². The van der Waals surface area contributed by atoms with Gasteiger partial charge in [-0.15, -0.1) is 0 Å². The quantitative estimate of drug-likeness (QED) is 0.537. The number of nitro groups is 1. The van der Waals surface area contributed by atoms with Gasteiger partial charge in [0.15, 0.2) is 0 Å². The normalized spacial score (nSPS) is 10.5. The number of methoxy groups -OCH3 is 2. The molecule has 1 amide bonds. The molecule has 26 heavy (non-hydrogen) atoms. The maximum atomic E-state index is 12.4. The predicted molar refractivity (Wildman–Crippen MR) is 94.6 cm³/mol. The van der Waals surface area contributed by atoms with Crippen molar-refractivity contribution < 1.29 is 19.2 Å². The largest absolute Gasteiger partial charge is 0.497 e. The average molecular weight is 356 g/mol. The van der Waals surface area contributed by atoms with Gasteiger partial charge in [-0.3, -0.25) is 14.9 Å². The highest BCUT2D eigenvalue weighted by atomic mass is 16.6. The van der Waals surface area contributed by atoms with Gasteiger partial charge in [-0.05, 0) is 6.07 Å². The lowest BCUT2D eigenvalue weighted by atomic mass is 10.2. The Morgan fingerprint density at radius 2 is 1.92 bits per heavy atom. The SMILES string of the molecule is COc1cc(NC(=O)Cn2cnc3cccc([N+](=O)[O-])c32)cc(OC)c1. The van der Waals surface area contributed by atoms with E-state index >= 15 is 0 Å². The van der Waals surface area contributed by atoms with Crippen LogP contribution in [0.15, 0.2) is 42.7 Å². The second-order valence-electron chi connectivity index (χ2n) is 5.42. The van der Waals surface area contributed by atoms with Crippen molar-refractivity contribution in [3.05, 3.63) is 52.8 Å². The molecule has 0 saturated carbocycles. The van der Waals surface area contributed by atoms with Crippen LogP contribution in [0.1, 0.15) is 0 Å². The molecule has 0 aliphatic heterocycles. The molecule has 0 fully saturated rings. The van der Waals surface area contributed by atoms with Crippen LogP contribution in [-0.2, 0) is 11.3 Å². The number of imidazole rings is 1. The van der Waals surface area contributed by atoms with Crippen molar-refractivity contribution in [1.82, 2.24) is 9.55 Å². The minimum Gasteiger partial charge on any atom is -0.497 e. The van der Waals surface area contributed by atoms with Gasteiger partial charge in [-0.2, -0.15) is 0 Å². The second kappa shape index (κ2) is 7.09. The van der Waals surface area contributed by atoms with Crippen molar-refractivity contribution in [2.24, 2.45) is 0 Å². The number of aromatic nitrogens is 2. The standard InChI is InChI=1S/C17H16N4O5/c1-25-12-6-11(7-13(8-12)26-2)19-16(22)9-20-10-18-14-4-3-5-15(17(14)20)21(23)24/h3-8,10H,9H2,1-2H3,(H,19,22). The van der Waals surface area contributed by atoms with E-state index in [2.05, 4.69) is 10.3 Å². The van der Waals surface area contributed by atoms with Crippen molar-refractivity contribution in [3.63, 3.8) is 0 Å². The summed E-state index contributed by atoms with van der Waals surface area (Å²) in [5, 5.41) is 13.9. The zero-order chi connectivity index (χ0) is 18.7. The number of nitrogens with zero attached hydrogens (tertiary/aromatic N) is 3. The summed E-state index contributed by atoms with van der Waals surface area (Å²) in [7, 11) is 3.02. The maximum Gasteiger partial charge on any atom is 0.295 e. The highest BCUT2D eigenvalue weighted by Crippen LogP contribution is 2.27. The van der Waals surface area contributed by atoms with Crippen LogP contribution in [0.3, 0.4) is 0 Å². The van der Waals surface area contributed by atoms with Gasteiger partial charge in [0.2, 0.25) is 5.91 Å². The van der Waals surface area contributed by atoms with Gasteiger partial charge in [0.05, 0.1) is 31.0 Å². The molecule has 0 unspecified atom stereocenters. The summed E-state index contributed by atoms with van der Waals surface area (Å²) in [6.45, 7) is -0.124. The summed E-state index contributed by atoms with van der Waals surface area (Å²) in [5.74, 6) is 0.699. The fourth-order valence-electron chi connectivity index (χ4n) is 2.61. The first kappa shape index (κ1) is 17.2. The van der Waals surface area contributed by atoms with Crippen molar-refractivity contribution in [2.45, 2.75) is 6.54 Å². The van der Waals surface area contributed by atoms with Crippen LogP contribution in [0.4, 0.5) is 11.4 Å². The molecule has 0 bridgehead atoms. The summed E-state index contributed by atoms with van der Waals surface area (Å²) in [4.78, 5) is 27.2. The Hall–Kier alpha value is -3.62. The van der Waals surface area contributed by atoms with Crippen LogP contribution in [-0.4, -0.2) is 34.6 Å². The lowest BCUT2D eigenvalue weighted by molar-refractivity contribution is -0.383. The van der Waals surface area contributed by atoms with E-state index in [0.717, 1.165) is 0 Å². The summed E-state index contributed by atoms with van der Waals surface area (Å²) < 4.78 is 11.8. The number of rotatable bonds is 6. The number of benzene rings is 2. The summed E-state index contributed by atoms with van der Waals surface area (Å²) in [6.07, 6.45) is 1.41. The van der Waals surface area contributed by atoms with Crippen LogP contribution < -0.4 is 14.8 Å². The smallest absolute Gasteiger partial charge is 0.295 e. The molecular formula is C17H16N4O5. The maximum absolute atomic E-state index is 12.4. The Morgan fingerprint density at radius 3 is 2.54 bits per heavy atom. The van der Waals surface area contributed by atoms with Crippen LogP contribution >= 0.6 is 0 Å². The number of para-hydroxylation sites is 1. The van der Waals surface area contributed by atoms with E-state index in [0.29, 0.717) is 28.2 Å². The van der Waals surface area contributed by atoms with Crippen LogP contribution in [0.5, 0.6) is 11.5 Å². The van der Waals surface area contributed by atoms with Crippen molar-refractivity contribution in [1.29, 1.82) is 0 Å². The van der Waals surface area contributed by atoms with E-state index in [9.17, 15) is 14.9 Å². The molecule has 2 aromatic carbocycles. The number of fused-ring (bicyclic) bond motifs is 1. The molecule has 0 atom stereocenters. The fraction of sp³-hybridized carbons (Fsp3) is 0.176. The number of anilines is 1. The van der Waals surface area contributed by atoms with Gasteiger partial charge in [0.25, 0.3) is 5.69 Å². The van der Waals surface area contributed by atoms with Gasteiger partial charge < -0.3 is 19.4 Å². The van der Waals surface area contributed by atoms with E-state index in [1.165, 1.54) is 31.2 Å². The van der Waals surface area contributed by atoms with Gasteiger partial charge in [0, 0.05) is 30.0 Å². The molecule has 134 valence electrons. The van der Waals surface area contributed by atoms with E-state index < -0.39 is 4.92 Å². The first-order valence-corrected chi connectivity index (χ1v) is 7.63. The number of ether oxygens (including phenoxy) is 2. The molecular weight excluding hydrogens is 340 g/mol. The van der Waals surface area contributed by atoms with E-state index in [-0.39, 0.29) is 18.1 Å². The molecule has 0 saturated heterocycles. The minimum absolute atomic E-state index is 0.101. The van der Waals surface area contributed by atoms with Crippen molar-refractivity contribution >= 4 is 28.3 Å². The van der Waals surface area contributed by atoms with Crippen LogP contribution in [0.25, 0.3) is 11.0 Å². The molecule has 0 aliphatic carbocycles. The summed E-state index contributed by atoms with van der Waals surface area (Å²) in [6, 6.07) is 9.57. The zero-order valence-electron chi connectivity index (χ0n) is 14.1. The molecule has 3 aromatic rings. The topological polar surface area (TPSA) is 109 Å². The minimum atomic E-state index is -0.495. The van der Waals surface area contributed by atoms with Crippen molar-refractivity contribution in [3.8, 4) is 11.5 Å². The van der Waals surface area contributed by atoms with Crippen molar-refractivity contribution in [2.75, 3.05) is 19.5 Å². The number of hydrogen-bond acceptors (Lipinski definition) is 6. The summed E-state index contributed by atoms with van der Waals surface area (Å²) in [5.41, 5.74) is 1.15. The molecule has 1 N–H and O–H groups in total. The molecule has 0 spiro atoms. The van der Waals surface area contributed by atoms with Gasteiger partial charge in [0.1, 0.15) is 23.6 Å². The molecule has 1 aromatic heterocycles. The fourth-order valence-corrected chi connectivity index (χ4v) is 2.61. The van der Waals surface area contributed by atoms with E-state index in [4.69, 9.17) is 9.47 Å². The number of carbonyl (C=O) groups excluding carboxylic acids is 1. The predicted octanol–water partition coefficient (Wildman–Crippen LogP) is 2.60. The van der Waals surface area contributed by atoms with Crippen LogP contribution in [0, 0.1) is 10.1 Å². The number of non-ortho nitro benzene ring substituents is 1. The molecule has 9 heteroatoms. The average Bonchev–Trinajstić information content (AvgIpc) is 3.03. The highest BCUT2D eigenvalue weighted by Gasteiger charge is 2.18. The Balaban J connectivity index is 1.85. The molecule has 9 nitrogen and oxygen atoms in total. The lowest BCUT2D eigenvalue weighted by Crippen LogP contribution is -2.18. The molecule has 3 rings (SSSR count). The highest BCUT2D eigenvalue weighted by molar-refractivity contribution is 5.93. The summed E-state index contributed by atoms with van der Waals surface area (Å²) >= 11 is 0. The third-order valence-electron chi connectivity index (χ3n) is 3.76. The Kier molecular flexibility index (Phi) is 4.70. The van der Waals surface area contributed by atoms with E-state index in [1.807, 2.05) is 0 Å². The van der Waals surface area contributed by atoms with Gasteiger partial charge >= 0.3 is 0 Å². The third kappa shape index (κ3) is 3.41. The van der Waals surface area contributed by atoms with Crippen LogP contribution in [0.2, 0.25) is 0 Å². The van der Waals surface area contributed by atoms with Gasteiger partial charge in [-0.1, -0.05) is 6.07 Å². The van der Waals surface area contributed by atoms with Gasteiger partial charge in [-0.25, -0.2) is 4.98 Å². The molecule has 0 radical (unpaired) electrons.